The molecule has 1 aliphatic carbocycles. The molecule has 3 atom stereocenters. The van der Waals surface area contributed by atoms with Crippen LogP contribution in [0.4, 0.5) is 0 Å². The van der Waals surface area contributed by atoms with E-state index in [1.807, 2.05) is 18.2 Å². The molecule has 3 rings (SSSR count). The summed E-state index contributed by atoms with van der Waals surface area (Å²) in [7, 11) is 0. The number of aromatic nitrogens is 3. The van der Waals surface area contributed by atoms with Crippen LogP contribution in [-0.4, -0.2) is 32.2 Å². The minimum atomic E-state index is -0.858. The Bertz CT molecular complexity index is 670. The van der Waals surface area contributed by atoms with Crippen molar-refractivity contribution in [2.75, 3.05) is 6.54 Å². The van der Waals surface area contributed by atoms with Gasteiger partial charge in [-0.25, -0.2) is 9.97 Å². The molecule has 6 nitrogen and oxygen atoms in total. The number of aliphatic carboxylic acids is 1. The highest BCUT2D eigenvalue weighted by Gasteiger charge is 2.62. The molecule has 22 heavy (non-hydrogen) atoms. The summed E-state index contributed by atoms with van der Waals surface area (Å²) in [6.45, 7) is 2.63. The zero-order chi connectivity index (χ0) is 15.7. The molecule has 0 amide bonds. The molecule has 3 N–H and O–H groups in total. The van der Waals surface area contributed by atoms with E-state index in [9.17, 15) is 9.90 Å². The van der Waals surface area contributed by atoms with Crippen LogP contribution in [0.2, 0.25) is 0 Å². The van der Waals surface area contributed by atoms with Crippen LogP contribution in [0.25, 0.3) is 5.82 Å². The predicted octanol–water partition coefficient (Wildman–Crippen LogP) is 1.59. The van der Waals surface area contributed by atoms with E-state index in [1.54, 1.807) is 23.3 Å². The number of nitrogens with two attached hydrogens (primary N) is 1. The van der Waals surface area contributed by atoms with Gasteiger partial charge in [-0.05, 0) is 43.4 Å². The van der Waals surface area contributed by atoms with Gasteiger partial charge in [0.1, 0.15) is 17.6 Å². The second-order valence-electron chi connectivity index (χ2n) is 6.11. The van der Waals surface area contributed by atoms with Gasteiger partial charge in [0.05, 0.1) is 5.69 Å². The predicted molar refractivity (Wildman–Crippen MR) is 81.6 cm³/mol. The fraction of sp³-hybridized carbons (Fsp3) is 0.438. The third kappa shape index (κ3) is 2.39. The Kier molecular flexibility index (Phi) is 3.70. The largest absolute Gasteiger partial charge is 0.481 e. The van der Waals surface area contributed by atoms with Gasteiger partial charge in [0, 0.05) is 12.4 Å². The van der Waals surface area contributed by atoms with Crippen LogP contribution in [0, 0.1) is 11.8 Å². The topological polar surface area (TPSA) is 94.0 Å². The van der Waals surface area contributed by atoms with E-state index in [1.165, 1.54) is 0 Å². The van der Waals surface area contributed by atoms with Crippen molar-refractivity contribution in [2.24, 2.45) is 17.6 Å². The number of hydrogen-bond acceptors (Lipinski definition) is 4. The van der Waals surface area contributed by atoms with Gasteiger partial charge in [-0.15, -0.1) is 0 Å². The minimum Gasteiger partial charge on any atom is -0.481 e. The summed E-state index contributed by atoms with van der Waals surface area (Å²) in [5.41, 5.74) is 5.41. The standard InChI is InChI=1S/C16H20N4O2/c1-11(8-17)6-12-7-16(12,15(21)22)13-9-20(10-19-13)14-4-2-3-5-18-14/h2-5,9-12H,6-8,17H2,1H3,(H,21,22)/t11-,12?,16+/m0/s1. The number of hydrogen-bond donors (Lipinski definition) is 2. The van der Waals surface area contributed by atoms with E-state index < -0.39 is 11.4 Å². The first-order valence-electron chi connectivity index (χ1n) is 7.47. The SMILES string of the molecule is C[C@H](CN)CC1C[C@]1(C(=O)O)c1cn(-c2ccccn2)cn1. The summed E-state index contributed by atoms with van der Waals surface area (Å²) in [4.78, 5) is 20.4. The average molecular weight is 300 g/mol. The number of pyridine rings is 1. The summed E-state index contributed by atoms with van der Waals surface area (Å²) < 4.78 is 1.77. The van der Waals surface area contributed by atoms with E-state index in [4.69, 9.17) is 5.73 Å². The van der Waals surface area contributed by atoms with E-state index >= 15 is 0 Å². The Balaban J connectivity index is 1.86. The van der Waals surface area contributed by atoms with Crippen LogP contribution in [0.15, 0.2) is 36.9 Å². The van der Waals surface area contributed by atoms with Gasteiger partial charge < -0.3 is 10.8 Å². The van der Waals surface area contributed by atoms with Gasteiger partial charge in [0.25, 0.3) is 0 Å². The lowest BCUT2D eigenvalue weighted by atomic mass is 9.94. The third-order valence-electron chi connectivity index (χ3n) is 4.53. The monoisotopic (exact) mass is 300 g/mol. The number of carbonyl (C=O) groups is 1. The van der Waals surface area contributed by atoms with Crippen LogP contribution in [0.5, 0.6) is 0 Å². The van der Waals surface area contributed by atoms with Crippen molar-refractivity contribution in [3.8, 4) is 5.82 Å². The van der Waals surface area contributed by atoms with Crippen LogP contribution in [0.1, 0.15) is 25.5 Å². The normalized spacial score (nSPS) is 24.9. The average Bonchev–Trinajstić information content (AvgIpc) is 3.04. The van der Waals surface area contributed by atoms with Crippen molar-refractivity contribution in [3.63, 3.8) is 0 Å². The second-order valence-corrected chi connectivity index (χ2v) is 6.11. The van der Waals surface area contributed by atoms with Crippen molar-refractivity contribution in [3.05, 3.63) is 42.6 Å². The highest BCUT2D eigenvalue weighted by atomic mass is 16.4. The molecule has 116 valence electrons. The molecule has 1 unspecified atom stereocenters. The molecule has 1 saturated carbocycles. The van der Waals surface area contributed by atoms with Gasteiger partial charge in [0.15, 0.2) is 0 Å². The molecule has 2 heterocycles. The van der Waals surface area contributed by atoms with Gasteiger partial charge in [-0.2, -0.15) is 0 Å². The van der Waals surface area contributed by atoms with Gasteiger partial charge >= 0.3 is 5.97 Å². The number of carboxylic acids is 1. The second kappa shape index (κ2) is 5.53. The molecule has 0 aliphatic heterocycles. The maximum Gasteiger partial charge on any atom is 0.316 e. The molecule has 6 heteroatoms. The quantitative estimate of drug-likeness (QED) is 0.845. The number of imidazole rings is 1. The molecule has 0 radical (unpaired) electrons. The highest BCUT2D eigenvalue weighted by Crippen LogP contribution is 2.56. The Morgan fingerprint density at radius 2 is 2.36 bits per heavy atom. The lowest BCUT2D eigenvalue weighted by Gasteiger charge is -2.12. The van der Waals surface area contributed by atoms with Crippen molar-refractivity contribution < 1.29 is 9.90 Å². The fourth-order valence-electron chi connectivity index (χ4n) is 3.07. The Hall–Kier alpha value is -2.21. The molecular formula is C16H20N4O2. The van der Waals surface area contributed by atoms with Gasteiger partial charge in [0.2, 0.25) is 0 Å². The summed E-state index contributed by atoms with van der Waals surface area (Å²) >= 11 is 0. The van der Waals surface area contributed by atoms with Crippen molar-refractivity contribution in [1.29, 1.82) is 0 Å². The maximum atomic E-state index is 11.8. The van der Waals surface area contributed by atoms with E-state index in [2.05, 4.69) is 16.9 Å². The fourth-order valence-corrected chi connectivity index (χ4v) is 3.07. The summed E-state index contributed by atoms with van der Waals surface area (Å²) in [6.07, 6.45) is 6.56. The summed E-state index contributed by atoms with van der Waals surface area (Å²) in [5, 5.41) is 9.70. The molecule has 1 fully saturated rings. The molecule has 0 spiro atoms. The number of rotatable bonds is 6. The number of nitrogens with zero attached hydrogens (tertiary/aromatic N) is 3. The van der Waals surface area contributed by atoms with Gasteiger partial charge in [-0.1, -0.05) is 13.0 Å². The molecule has 2 aromatic rings. The van der Waals surface area contributed by atoms with E-state index in [0.29, 0.717) is 24.6 Å². The molecule has 0 bridgehead atoms. The first-order valence-corrected chi connectivity index (χ1v) is 7.47. The lowest BCUT2D eigenvalue weighted by Crippen LogP contribution is -2.24. The molecule has 2 aromatic heterocycles. The van der Waals surface area contributed by atoms with Crippen molar-refractivity contribution >= 4 is 5.97 Å². The zero-order valence-corrected chi connectivity index (χ0v) is 12.5. The Labute approximate surface area is 129 Å². The summed E-state index contributed by atoms with van der Waals surface area (Å²) in [5.74, 6) is 0.363. The van der Waals surface area contributed by atoms with Crippen LogP contribution in [-0.2, 0) is 10.2 Å². The first kappa shape index (κ1) is 14.7. The Morgan fingerprint density at radius 3 is 3.00 bits per heavy atom. The molecule has 0 saturated heterocycles. The van der Waals surface area contributed by atoms with Crippen molar-refractivity contribution in [2.45, 2.75) is 25.2 Å². The third-order valence-corrected chi connectivity index (χ3v) is 4.53. The van der Waals surface area contributed by atoms with Crippen molar-refractivity contribution in [1.82, 2.24) is 14.5 Å². The minimum absolute atomic E-state index is 0.107. The van der Waals surface area contributed by atoms with Gasteiger partial charge in [-0.3, -0.25) is 9.36 Å². The highest BCUT2D eigenvalue weighted by molar-refractivity contribution is 5.85. The Morgan fingerprint density at radius 1 is 1.55 bits per heavy atom. The van der Waals surface area contributed by atoms with Crippen LogP contribution < -0.4 is 5.73 Å². The molecule has 0 aromatic carbocycles. The lowest BCUT2D eigenvalue weighted by molar-refractivity contribution is -0.140. The first-order chi connectivity index (χ1) is 10.6. The molecule has 1 aliphatic rings. The summed E-state index contributed by atoms with van der Waals surface area (Å²) in [6, 6.07) is 5.59. The van der Waals surface area contributed by atoms with E-state index in [-0.39, 0.29) is 5.92 Å². The van der Waals surface area contributed by atoms with Crippen LogP contribution >= 0.6 is 0 Å². The smallest absolute Gasteiger partial charge is 0.316 e. The maximum absolute atomic E-state index is 11.8. The zero-order valence-electron chi connectivity index (χ0n) is 12.5. The van der Waals surface area contributed by atoms with Crippen LogP contribution in [0.3, 0.4) is 0 Å². The molecular weight excluding hydrogens is 280 g/mol. The number of carboxylic acid groups (broad SMARTS) is 1. The van der Waals surface area contributed by atoms with E-state index in [0.717, 1.165) is 12.2 Å².